The summed E-state index contributed by atoms with van der Waals surface area (Å²) in [5, 5.41) is 2.34. The summed E-state index contributed by atoms with van der Waals surface area (Å²) in [5.41, 5.74) is -0.681. The van der Waals surface area contributed by atoms with E-state index in [0.29, 0.717) is 5.69 Å². The molecule has 0 spiro atoms. The lowest BCUT2D eigenvalue weighted by Crippen LogP contribution is -2.48. The number of halogens is 3. The maximum Gasteiger partial charge on any atom is 0.416 e. The number of nitrogens with one attached hydrogen (secondary N) is 1. The molecule has 0 saturated heterocycles. The Bertz CT molecular complexity index is 976. The second-order valence-electron chi connectivity index (χ2n) is 5.94. The number of rotatable bonds is 3. The fourth-order valence-electron chi connectivity index (χ4n) is 2.65. The molecule has 0 bridgehead atoms. The van der Waals surface area contributed by atoms with Crippen LogP contribution < -0.4 is 14.4 Å². The second kappa shape index (κ2) is 6.76. The van der Waals surface area contributed by atoms with Crippen LogP contribution in [-0.4, -0.2) is 33.2 Å². The van der Waals surface area contributed by atoms with Crippen LogP contribution in [0.15, 0.2) is 48.5 Å². The van der Waals surface area contributed by atoms with Gasteiger partial charge in [0.1, 0.15) is 5.75 Å². The first-order valence-corrected chi connectivity index (χ1v) is 9.62. The summed E-state index contributed by atoms with van der Waals surface area (Å²) in [4.78, 5) is 12.5. The molecule has 0 aliphatic carbocycles. The van der Waals surface area contributed by atoms with Crippen molar-refractivity contribution in [3.63, 3.8) is 0 Å². The Morgan fingerprint density at radius 1 is 1.19 bits per heavy atom. The minimum absolute atomic E-state index is 0.0665. The lowest BCUT2D eigenvalue weighted by molar-refractivity contribution is -0.137. The van der Waals surface area contributed by atoms with Crippen LogP contribution in [0.4, 0.5) is 24.5 Å². The normalized spacial score (nSPS) is 17.0. The van der Waals surface area contributed by atoms with Gasteiger partial charge in [-0.05, 0) is 30.3 Å². The zero-order chi connectivity index (χ0) is 19.8. The minimum atomic E-state index is -4.55. The maximum atomic E-state index is 12.8. The fourth-order valence-corrected chi connectivity index (χ4v) is 3.56. The predicted octanol–water partition coefficient (Wildman–Crippen LogP) is 2.87. The van der Waals surface area contributed by atoms with Crippen molar-refractivity contribution in [2.24, 2.45) is 0 Å². The Kier molecular flexibility index (Phi) is 4.77. The first-order valence-electron chi connectivity index (χ1n) is 7.77. The monoisotopic (exact) mass is 400 g/mol. The van der Waals surface area contributed by atoms with Gasteiger partial charge < -0.3 is 10.1 Å². The number of ether oxygens (including phenoxy) is 1. The number of hydrogen-bond acceptors (Lipinski definition) is 4. The van der Waals surface area contributed by atoms with Crippen LogP contribution in [0, 0.1) is 0 Å². The highest BCUT2D eigenvalue weighted by atomic mass is 32.2. The first-order chi connectivity index (χ1) is 12.6. The van der Waals surface area contributed by atoms with Gasteiger partial charge in [0, 0.05) is 5.69 Å². The molecule has 6 nitrogen and oxygen atoms in total. The summed E-state index contributed by atoms with van der Waals surface area (Å²) in [7, 11) is -3.68. The topological polar surface area (TPSA) is 75.7 Å². The van der Waals surface area contributed by atoms with E-state index < -0.39 is 33.8 Å². The zero-order valence-electron chi connectivity index (χ0n) is 14.0. The van der Waals surface area contributed by atoms with Crippen LogP contribution in [-0.2, 0) is 21.0 Å². The molecule has 1 atom stereocenters. The summed E-state index contributed by atoms with van der Waals surface area (Å²) in [6.07, 6.45) is -4.77. The Morgan fingerprint density at radius 3 is 2.56 bits per heavy atom. The van der Waals surface area contributed by atoms with Crippen molar-refractivity contribution in [2.45, 2.75) is 12.3 Å². The Morgan fingerprint density at radius 2 is 1.89 bits per heavy atom. The summed E-state index contributed by atoms with van der Waals surface area (Å²) in [5.74, 6) is -0.559. The molecule has 2 aromatic rings. The zero-order valence-corrected chi connectivity index (χ0v) is 14.8. The van der Waals surface area contributed by atoms with E-state index in [-0.39, 0.29) is 18.0 Å². The van der Waals surface area contributed by atoms with Crippen molar-refractivity contribution >= 4 is 27.3 Å². The molecule has 0 saturated carbocycles. The van der Waals surface area contributed by atoms with Crippen molar-refractivity contribution in [3.8, 4) is 5.75 Å². The van der Waals surface area contributed by atoms with Crippen molar-refractivity contribution in [3.05, 3.63) is 54.1 Å². The number of amides is 1. The van der Waals surface area contributed by atoms with Crippen molar-refractivity contribution in [1.82, 2.24) is 0 Å². The molecule has 27 heavy (non-hydrogen) atoms. The average Bonchev–Trinajstić information content (AvgIpc) is 2.59. The van der Waals surface area contributed by atoms with Crippen LogP contribution in [0.1, 0.15) is 5.56 Å². The fraction of sp³-hybridized carbons (Fsp3) is 0.235. The van der Waals surface area contributed by atoms with E-state index in [2.05, 4.69) is 5.32 Å². The number of benzene rings is 2. The predicted molar refractivity (Wildman–Crippen MR) is 93.1 cm³/mol. The minimum Gasteiger partial charge on any atom is -0.476 e. The van der Waals surface area contributed by atoms with Gasteiger partial charge in [0.2, 0.25) is 10.0 Å². The molecule has 3 rings (SSSR count). The number of carbonyl (C=O) groups is 1. The molecule has 144 valence electrons. The van der Waals surface area contributed by atoms with Crippen LogP contribution in [0.3, 0.4) is 0 Å². The third kappa shape index (κ3) is 4.16. The van der Waals surface area contributed by atoms with E-state index in [1.165, 1.54) is 18.2 Å². The molecule has 10 heteroatoms. The number of sulfonamides is 1. The number of fused-ring (bicyclic) bond motifs is 1. The van der Waals surface area contributed by atoms with Crippen LogP contribution in [0.25, 0.3) is 0 Å². The SMILES string of the molecule is CS(=O)(=O)N1C[C@@H](C(=O)Nc2cccc(C(F)(F)F)c2)Oc2ccccc21. The van der Waals surface area contributed by atoms with Gasteiger partial charge in [0.25, 0.3) is 5.91 Å². The number of carbonyl (C=O) groups excluding carboxylic acids is 1. The molecule has 0 aromatic heterocycles. The van der Waals surface area contributed by atoms with E-state index >= 15 is 0 Å². The quantitative estimate of drug-likeness (QED) is 0.860. The molecular formula is C17H15F3N2O4S. The van der Waals surface area contributed by atoms with Crippen molar-refractivity contribution in [1.29, 1.82) is 0 Å². The lowest BCUT2D eigenvalue weighted by Gasteiger charge is -2.33. The number of para-hydroxylation sites is 2. The van der Waals surface area contributed by atoms with Crippen LogP contribution >= 0.6 is 0 Å². The largest absolute Gasteiger partial charge is 0.476 e. The van der Waals surface area contributed by atoms with Gasteiger partial charge in [-0.15, -0.1) is 0 Å². The van der Waals surface area contributed by atoms with E-state index in [1.54, 1.807) is 12.1 Å². The molecule has 1 heterocycles. The van der Waals surface area contributed by atoms with E-state index in [9.17, 15) is 26.4 Å². The Labute approximate surface area is 153 Å². The molecule has 1 aliphatic heterocycles. The maximum absolute atomic E-state index is 12.8. The van der Waals surface area contributed by atoms with Gasteiger partial charge in [-0.2, -0.15) is 13.2 Å². The molecule has 1 aliphatic rings. The molecular weight excluding hydrogens is 385 g/mol. The number of alkyl halides is 3. The van der Waals surface area contributed by atoms with Gasteiger partial charge in [-0.25, -0.2) is 8.42 Å². The molecule has 1 N–H and O–H groups in total. The number of hydrogen-bond donors (Lipinski definition) is 1. The first kappa shape index (κ1) is 19.0. The smallest absolute Gasteiger partial charge is 0.416 e. The summed E-state index contributed by atoms with van der Waals surface area (Å²) in [6, 6.07) is 10.4. The highest BCUT2D eigenvalue weighted by Crippen LogP contribution is 2.35. The summed E-state index contributed by atoms with van der Waals surface area (Å²) >= 11 is 0. The number of anilines is 2. The Balaban J connectivity index is 1.84. The van der Waals surface area contributed by atoms with Crippen molar-refractivity contribution in [2.75, 3.05) is 22.4 Å². The average molecular weight is 400 g/mol. The molecule has 2 aromatic carbocycles. The Hall–Kier alpha value is -2.75. The van der Waals surface area contributed by atoms with Gasteiger partial charge in [0.15, 0.2) is 6.10 Å². The number of nitrogens with zero attached hydrogens (tertiary/aromatic N) is 1. The molecule has 0 unspecified atom stereocenters. The van der Waals surface area contributed by atoms with Gasteiger partial charge in [-0.3, -0.25) is 9.10 Å². The molecule has 0 radical (unpaired) electrons. The van der Waals surface area contributed by atoms with E-state index in [4.69, 9.17) is 4.74 Å². The third-order valence-corrected chi connectivity index (χ3v) is 5.03. The lowest BCUT2D eigenvalue weighted by atomic mass is 10.1. The van der Waals surface area contributed by atoms with E-state index in [0.717, 1.165) is 28.8 Å². The highest BCUT2D eigenvalue weighted by Gasteiger charge is 2.35. The standard InChI is InChI=1S/C17H15F3N2O4S/c1-27(24,25)22-10-15(26-14-8-3-2-7-13(14)22)16(23)21-12-6-4-5-11(9-12)17(18,19)20/h2-9,15H,10H2,1H3,(H,21,23)/t15-/m0/s1. The highest BCUT2D eigenvalue weighted by molar-refractivity contribution is 7.92. The van der Waals surface area contributed by atoms with Gasteiger partial charge >= 0.3 is 6.18 Å². The van der Waals surface area contributed by atoms with Crippen LogP contribution in [0.2, 0.25) is 0 Å². The van der Waals surface area contributed by atoms with E-state index in [1.807, 2.05) is 0 Å². The summed E-state index contributed by atoms with van der Waals surface area (Å²) in [6.45, 7) is -0.291. The molecule has 0 fully saturated rings. The summed E-state index contributed by atoms with van der Waals surface area (Å²) < 4.78 is 69.1. The van der Waals surface area contributed by atoms with Gasteiger partial charge in [0.05, 0.1) is 24.1 Å². The molecule has 1 amide bonds. The van der Waals surface area contributed by atoms with Gasteiger partial charge in [-0.1, -0.05) is 18.2 Å². The van der Waals surface area contributed by atoms with Crippen LogP contribution in [0.5, 0.6) is 5.75 Å². The van der Waals surface area contributed by atoms with Crippen molar-refractivity contribution < 1.29 is 31.1 Å². The second-order valence-corrected chi connectivity index (χ2v) is 7.84. The third-order valence-electron chi connectivity index (χ3n) is 3.89.